The van der Waals surface area contributed by atoms with Crippen molar-refractivity contribution >= 4 is 16.4 Å². The van der Waals surface area contributed by atoms with E-state index >= 15 is 0 Å². The van der Waals surface area contributed by atoms with Gasteiger partial charge in [-0.15, -0.1) is 0 Å². The van der Waals surface area contributed by atoms with E-state index in [1.165, 1.54) is 128 Å². The Morgan fingerprint density at radius 2 is 0.958 bits per heavy atom. The lowest BCUT2D eigenvalue weighted by molar-refractivity contribution is -0.301. The molecule has 0 radical (unpaired) electrons. The van der Waals surface area contributed by atoms with E-state index in [9.17, 15) is 33.1 Å². The molecule has 0 amide bonds. The van der Waals surface area contributed by atoms with Crippen molar-refractivity contribution in [3.05, 3.63) is 72.9 Å². The van der Waals surface area contributed by atoms with E-state index in [1.54, 1.807) is 0 Å². The molecule has 418 valence electrons. The first-order valence-electron chi connectivity index (χ1n) is 28.7. The fourth-order valence-electron chi connectivity index (χ4n) is 8.52. The number of allylic oxidation sites excluding steroid dienone is 12. The van der Waals surface area contributed by atoms with Crippen LogP contribution < -0.4 is 0 Å². The lowest BCUT2D eigenvalue weighted by Crippen LogP contribution is -2.60. The summed E-state index contributed by atoms with van der Waals surface area (Å²) in [6.07, 6.45) is 56.5. The number of rotatable bonds is 50. The highest BCUT2D eigenvalue weighted by Crippen LogP contribution is 2.26. The van der Waals surface area contributed by atoms with Gasteiger partial charge in [0.05, 0.1) is 19.8 Å². The smallest absolute Gasteiger partial charge is 0.397 e. The number of unbranched alkanes of at least 4 members (excludes halogenated alkanes) is 25. The molecule has 1 saturated heterocycles. The van der Waals surface area contributed by atoms with Crippen molar-refractivity contribution in [2.45, 2.75) is 269 Å². The summed E-state index contributed by atoms with van der Waals surface area (Å²) in [5.41, 5.74) is 0. The van der Waals surface area contributed by atoms with Crippen LogP contribution in [0.1, 0.15) is 232 Å². The molecule has 0 aliphatic carbocycles. The van der Waals surface area contributed by atoms with Crippen molar-refractivity contribution in [1.29, 1.82) is 0 Å². The number of carbonyl (C=O) groups is 1. The minimum Gasteiger partial charge on any atom is -0.457 e. The number of carbonyl (C=O) groups excluding carboxylic acids is 1. The van der Waals surface area contributed by atoms with Crippen LogP contribution in [0.4, 0.5) is 0 Å². The van der Waals surface area contributed by atoms with Crippen LogP contribution in [-0.4, -0.2) is 97.5 Å². The van der Waals surface area contributed by atoms with Crippen molar-refractivity contribution in [2.75, 3.05) is 26.4 Å². The van der Waals surface area contributed by atoms with Crippen LogP contribution in [0.25, 0.3) is 0 Å². The van der Waals surface area contributed by atoms with Gasteiger partial charge in [-0.2, -0.15) is 8.42 Å². The highest BCUT2D eigenvalue weighted by atomic mass is 32.3. The monoisotopic (exact) mass is 1040 g/mol. The average Bonchev–Trinajstić information content (AvgIpc) is 3.36. The molecule has 4 N–H and O–H groups in total. The molecular weight excluding hydrogens is 933 g/mol. The second kappa shape index (κ2) is 49.4. The number of aliphatic hydroxyl groups excluding tert-OH is 3. The van der Waals surface area contributed by atoms with Gasteiger partial charge in [0.2, 0.25) is 0 Å². The van der Waals surface area contributed by atoms with Crippen LogP contribution in [0.3, 0.4) is 0 Å². The number of ether oxygens (including phenoxy) is 4. The predicted molar refractivity (Wildman–Crippen MR) is 294 cm³/mol. The SMILES string of the molecule is CC/C=C\C/C=C\C/C=C\C/C=C\C/C=C\CCCCCCCCCCOCC(COC1OC(CO)C(O)C(OS(=O)(=O)O)C1O)OC(=O)CCCCCCCCCCC/C=C\CCCCCCCCCC. The molecule has 1 aliphatic rings. The molecule has 12 nitrogen and oxygen atoms in total. The Morgan fingerprint density at radius 3 is 1.42 bits per heavy atom. The van der Waals surface area contributed by atoms with E-state index in [-0.39, 0.29) is 19.6 Å². The summed E-state index contributed by atoms with van der Waals surface area (Å²) in [5.74, 6) is -0.404. The molecule has 1 aliphatic heterocycles. The number of esters is 1. The summed E-state index contributed by atoms with van der Waals surface area (Å²) in [5, 5.41) is 30.8. The Bertz CT molecular complexity index is 1520. The van der Waals surface area contributed by atoms with Crippen LogP contribution in [0.5, 0.6) is 0 Å². The topological polar surface area (TPSA) is 178 Å². The van der Waals surface area contributed by atoms with Crippen LogP contribution in [0.15, 0.2) is 72.9 Å². The van der Waals surface area contributed by atoms with E-state index in [1.807, 2.05) is 0 Å². The molecule has 72 heavy (non-hydrogen) atoms. The van der Waals surface area contributed by atoms with Gasteiger partial charge in [0, 0.05) is 13.0 Å². The van der Waals surface area contributed by atoms with E-state index in [0.717, 1.165) is 77.0 Å². The van der Waals surface area contributed by atoms with Crippen molar-refractivity contribution in [3.8, 4) is 0 Å². The van der Waals surface area contributed by atoms with Gasteiger partial charge >= 0.3 is 16.4 Å². The number of hydrogen-bond donors (Lipinski definition) is 4. The summed E-state index contributed by atoms with van der Waals surface area (Å²) in [6.45, 7) is 3.88. The normalized spacial score (nSPS) is 19.4. The quantitative estimate of drug-likeness (QED) is 0.0196. The van der Waals surface area contributed by atoms with Crippen LogP contribution in [-0.2, 0) is 38.3 Å². The van der Waals surface area contributed by atoms with E-state index in [4.69, 9.17) is 18.9 Å². The Kier molecular flexibility index (Phi) is 46.4. The molecule has 0 aromatic heterocycles. The standard InChI is InChI=1S/C59H104O12S/c1-3-5-7-9-11-13-15-17-19-21-23-25-26-27-29-31-33-35-37-39-41-43-45-47-49-67-51-53(52-68-59-57(63)58(71-72(64,65)66)56(62)54(50-60)70-59)69-55(61)48-46-44-42-40-38-36-34-32-30-28-24-22-20-18-16-14-12-10-8-6-4-2/h5,7,11,13,17,19,22-25,27,29,53-54,56-60,62-63H,3-4,6,8-10,12,14-16,18,20-21,26,28,30-52H2,1-2H3,(H,64,65,66)/b7-5-,13-11-,19-17-,24-22-,25-23-,29-27-. The molecule has 0 saturated carbocycles. The third kappa shape index (κ3) is 41.8. The maximum Gasteiger partial charge on any atom is 0.397 e. The van der Waals surface area contributed by atoms with Crippen molar-refractivity contribution in [3.63, 3.8) is 0 Å². The molecule has 1 rings (SSSR count). The Labute approximate surface area is 439 Å². The van der Waals surface area contributed by atoms with Gasteiger partial charge in [0.15, 0.2) is 6.29 Å². The minimum atomic E-state index is -5.07. The van der Waals surface area contributed by atoms with Gasteiger partial charge in [-0.1, -0.05) is 215 Å². The third-order valence-electron chi connectivity index (χ3n) is 12.8. The molecule has 0 bridgehead atoms. The Hall–Kier alpha value is -2.46. The number of aliphatic hydroxyl groups is 3. The molecule has 13 heteroatoms. The summed E-state index contributed by atoms with van der Waals surface area (Å²) >= 11 is 0. The van der Waals surface area contributed by atoms with Crippen molar-refractivity contribution < 1.29 is 56.2 Å². The minimum absolute atomic E-state index is 0.0268. The lowest BCUT2D eigenvalue weighted by Gasteiger charge is -2.41. The fourth-order valence-corrected chi connectivity index (χ4v) is 9.03. The van der Waals surface area contributed by atoms with Crippen molar-refractivity contribution in [1.82, 2.24) is 0 Å². The average molecular weight is 1040 g/mol. The van der Waals surface area contributed by atoms with Gasteiger partial charge < -0.3 is 34.3 Å². The first-order valence-corrected chi connectivity index (χ1v) is 30.1. The molecule has 0 spiro atoms. The Morgan fingerprint density at radius 1 is 0.542 bits per heavy atom. The summed E-state index contributed by atoms with van der Waals surface area (Å²) in [6, 6.07) is 0. The molecule has 6 unspecified atom stereocenters. The molecule has 1 fully saturated rings. The van der Waals surface area contributed by atoms with Crippen molar-refractivity contribution in [2.24, 2.45) is 0 Å². The number of hydrogen-bond acceptors (Lipinski definition) is 11. The molecule has 0 aromatic carbocycles. The first kappa shape index (κ1) is 67.6. The van der Waals surface area contributed by atoms with Gasteiger partial charge in [-0.25, -0.2) is 4.18 Å². The van der Waals surface area contributed by atoms with E-state index in [2.05, 4.69) is 90.9 Å². The third-order valence-corrected chi connectivity index (χ3v) is 13.3. The predicted octanol–water partition coefficient (Wildman–Crippen LogP) is 14.2. The zero-order chi connectivity index (χ0) is 52.4. The molecular formula is C59H104O12S. The van der Waals surface area contributed by atoms with E-state index in [0.29, 0.717) is 13.0 Å². The highest BCUT2D eigenvalue weighted by Gasteiger charge is 2.48. The molecule has 1 heterocycles. The molecule has 6 atom stereocenters. The fraction of sp³-hybridized carbons (Fsp3) is 0.780. The lowest BCUT2D eigenvalue weighted by atomic mass is 9.99. The Balaban J connectivity index is 2.32. The summed E-state index contributed by atoms with van der Waals surface area (Å²) in [4.78, 5) is 13.0. The maximum absolute atomic E-state index is 13.0. The molecule has 0 aromatic rings. The van der Waals surface area contributed by atoms with Gasteiger partial charge in [-0.05, 0) is 83.5 Å². The maximum atomic E-state index is 13.0. The van der Waals surface area contributed by atoms with Gasteiger partial charge in [0.25, 0.3) is 0 Å². The van der Waals surface area contributed by atoms with Crippen LogP contribution in [0.2, 0.25) is 0 Å². The van der Waals surface area contributed by atoms with Crippen LogP contribution >= 0.6 is 0 Å². The second-order valence-electron chi connectivity index (χ2n) is 19.5. The zero-order valence-corrected chi connectivity index (χ0v) is 46.0. The van der Waals surface area contributed by atoms with Crippen LogP contribution in [0, 0.1) is 0 Å². The summed E-state index contributed by atoms with van der Waals surface area (Å²) < 4.78 is 59.4. The largest absolute Gasteiger partial charge is 0.457 e. The first-order chi connectivity index (χ1) is 35.1. The highest BCUT2D eigenvalue weighted by molar-refractivity contribution is 7.80. The van der Waals surface area contributed by atoms with Gasteiger partial charge in [-0.3, -0.25) is 9.35 Å². The van der Waals surface area contributed by atoms with E-state index < -0.39 is 59.8 Å². The zero-order valence-electron chi connectivity index (χ0n) is 45.2. The second-order valence-corrected chi connectivity index (χ2v) is 20.5. The van der Waals surface area contributed by atoms with Gasteiger partial charge in [0.1, 0.15) is 30.5 Å². The summed E-state index contributed by atoms with van der Waals surface area (Å²) in [7, 11) is -5.07.